The van der Waals surface area contributed by atoms with Gasteiger partial charge in [-0.1, -0.05) is 0 Å². The third-order valence-electron chi connectivity index (χ3n) is 2.67. The molecule has 0 bridgehead atoms. The van der Waals surface area contributed by atoms with Crippen LogP contribution in [-0.2, 0) is 4.74 Å². The number of pyridine rings is 1. The Morgan fingerprint density at radius 3 is 2.75 bits per heavy atom. The van der Waals surface area contributed by atoms with Gasteiger partial charge in [0.2, 0.25) is 0 Å². The lowest BCUT2D eigenvalue weighted by Gasteiger charge is -2.16. The molecule has 86 valence electrons. The molecule has 0 radical (unpaired) electrons. The van der Waals surface area contributed by atoms with Gasteiger partial charge in [-0.25, -0.2) is 9.78 Å². The van der Waals surface area contributed by atoms with Crippen LogP contribution < -0.4 is 4.90 Å². The first kappa shape index (κ1) is 10.7. The number of rotatable bonds is 2. The van der Waals surface area contributed by atoms with Crippen LogP contribution in [0.1, 0.15) is 23.3 Å². The molecule has 0 unspecified atom stereocenters. The summed E-state index contributed by atoms with van der Waals surface area (Å²) in [6.07, 6.45) is 2.27. The van der Waals surface area contributed by atoms with Gasteiger partial charge in [-0.05, 0) is 25.0 Å². The summed E-state index contributed by atoms with van der Waals surface area (Å²) in [4.78, 5) is 17.6. The Hall–Kier alpha value is -1.78. The molecular formula is C11H14N2O3. The quantitative estimate of drug-likeness (QED) is 0.761. The average molecular weight is 222 g/mol. The van der Waals surface area contributed by atoms with Crippen LogP contribution in [0.5, 0.6) is 5.75 Å². The van der Waals surface area contributed by atoms with Crippen molar-refractivity contribution < 1.29 is 14.6 Å². The summed E-state index contributed by atoms with van der Waals surface area (Å²) in [6.45, 7) is 1.89. The highest BCUT2D eigenvalue weighted by Gasteiger charge is 2.18. The van der Waals surface area contributed by atoms with Gasteiger partial charge >= 0.3 is 5.97 Å². The van der Waals surface area contributed by atoms with Gasteiger partial charge in [-0.15, -0.1) is 0 Å². The number of carbonyl (C=O) groups is 1. The Morgan fingerprint density at radius 2 is 2.12 bits per heavy atom. The van der Waals surface area contributed by atoms with E-state index in [2.05, 4.69) is 14.6 Å². The van der Waals surface area contributed by atoms with Crippen LogP contribution in [0.2, 0.25) is 0 Å². The lowest BCUT2D eigenvalue weighted by Crippen LogP contribution is -2.20. The maximum atomic E-state index is 11.3. The molecule has 0 aromatic carbocycles. The van der Waals surface area contributed by atoms with Gasteiger partial charge < -0.3 is 14.7 Å². The molecule has 1 aromatic heterocycles. The van der Waals surface area contributed by atoms with Gasteiger partial charge in [-0.3, -0.25) is 0 Å². The zero-order valence-corrected chi connectivity index (χ0v) is 9.14. The second kappa shape index (κ2) is 4.38. The van der Waals surface area contributed by atoms with E-state index in [1.165, 1.54) is 13.2 Å². The maximum absolute atomic E-state index is 11.3. The van der Waals surface area contributed by atoms with Crippen molar-refractivity contribution in [2.75, 3.05) is 25.1 Å². The first-order valence-electron chi connectivity index (χ1n) is 5.25. The van der Waals surface area contributed by atoms with E-state index >= 15 is 0 Å². The molecule has 5 heteroatoms. The van der Waals surface area contributed by atoms with E-state index in [9.17, 15) is 9.90 Å². The Balaban J connectivity index is 2.30. The van der Waals surface area contributed by atoms with E-state index in [4.69, 9.17) is 0 Å². The minimum absolute atomic E-state index is 0.0214. The number of methoxy groups -OCH3 is 1. The molecular weight excluding hydrogens is 208 g/mol. The van der Waals surface area contributed by atoms with Crippen molar-refractivity contribution in [2.24, 2.45) is 0 Å². The van der Waals surface area contributed by atoms with E-state index in [1.54, 1.807) is 6.07 Å². The minimum atomic E-state index is -0.612. The highest BCUT2D eigenvalue weighted by Crippen LogP contribution is 2.23. The number of esters is 1. The molecule has 16 heavy (non-hydrogen) atoms. The maximum Gasteiger partial charge on any atom is 0.360 e. The molecule has 1 aliphatic heterocycles. The lowest BCUT2D eigenvalue weighted by molar-refractivity contribution is 0.0590. The van der Waals surface area contributed by atoms with Crippen LogP contribution in [0.25, 0.3) is 0 Å². The molecule has 0 aliphatic carbocycles. The highest BCUT2D eigenvalue weighted by molar-refractivity contribution is 5.90. The number of nitrogens with zero attached hydrogens (tertiary/aromatic N) is 2. The molecule has 5 nitrogen and oxygen atoms in total. The topological polar surface area (TPSA) is 62.7 Å². The van der Waals surface area contributed by atoms with E-state index in [0.29, 0.717) is 0 Å². The highest BCUT2D eigenvalue weighted by atomic mass is 16.5. The molecule has 0 atom stereocenters. The van der Waals surface area contributed by atoms with Crippen molar-refractivity contribution in [3.05, 3.63) is 17.8 Å². The fourth-order valence-corrected chi connectivity index (χ4v) is 1.81. The largest absolute Gasteiger partial charge is 0.505 e. The van der Waals surface area contributed by atoms with Crippen molar-refractivity contribution in [2.45, 2.75) is 12.8 Å². The van der Waals surface area contributed by atoms with Crippen molar-refractivity contribution >= 4 is 11.8 Å². The van der Waals surface area contributed by atoms with Crippen LogP contribution >= 0.6 is 0 Å². The fraction of sp³-hybridized carbons (Fsp3) is 0.455. The first-order valence-corrected chi connectivity index (χ1v) is 5.25. The third-order valence-corrected chi connectivity index (χ3v) is 2.67. The van der Waals surface area contributed by atoms with Gasteiger partial charge in [0.25, 0.3) is 0 Å². The Bertz CT molecular complexity index is 400. The molecule has 1 N–H and O–H groups in total. The zero-order chi connectivity index (χ0) is 11.5. The predicted octanol–water partition coefficient (Wildman–Crippen LogP) is 1.17. The number of ether oxygens (including phenoxy) is 1. The van der Waals surface area contributed by atoms with Crippen LogP contribution in [0.15, 0.2) is 12.1 Å². The summed E-state index contributed by atoms with van der Waals surface area (Å²) in [5.74, 6) is -0.0379. The summed E-state index contributed by atoms with van der Waals surface area (Å²) in [6, 6.07) is 3.19. The molecule has 0 spiro atoms. The van der Waals surface area contributed by atoms with E-state index in [1.807, 2.05) is 0 Å². The number of carbonyl (C=O) groups excluding carboxylic acids is 1. The molecule has 1 saturated heterocycles. The molecule has 1 fully saturated rings. The van der Waals surface area contributed by atoms with E-state index in [-0.39, 0.29) is 11.4 Å². The number of aromatic hydroxyl groups is 1. The zero-order valence-electron chi connectivity index (χ0n) is 9.14. The number of aromatic nitrogens is 1. The monoisotopic (exact) mass is 222 g/mol. The summed E-state index contributed by atoms with van der Waals surface area (Å²) >= 11 is 0. The Kier molecular flexibility index (Phi) is 2.94. The Labute approximate surface area is 93.7 Å². The second-order valence-electron chi connectivity index (χ2n) is 3.72. The second-order valence-corrected chi connectivity index (χ2v) is 3.72. The van der Waals surface area contributed by atoms with Gasteiger partial charge in [0, 0.05) is 13.1 Å². The molecule has 0 amide bonds. The minimum Gasteiger partial charge on any atom is -0.505 e. The SMILES string of the molecule is COC(=O)c1nc(N2CCCC2)ccc1O. The van der Waals surface area contributed by atoms with Crippen LogP contribution in [0.4, 0.5) is 5.82 Å². The van der Waals surface area contributed by atoms with E-state index < -0.39 is 5.97 Å². The van der Waals surface area contributed by atoms with Gasteiger partial charge in [0.15, 0.2) is 5.69 Å². The molecule has 1 aromatic rings. The standard InChI is InChI=1S/C11H14N2O3/c1-16-11(15)10-8(14)4-5-9(12-10)13-6-2-3-7-13/h4-5,14H,2-3,6-7H2,1H3. The summed E-state index contributed by atoms with van der Waals surface area (Å²) in [7, 11) is 1.27. The van der Waals surface area contributed by atoms with Gasteiger partial charge in [-0.2, -0.15) is 0 Å². The first-order chi connectivity index (χ1) is 7.72. The third kappa shape index (κ3) is 1.93. The smallest absolute Gasteiger partial charge is 0.360 e. The molecule has 0 saturated carbocycles. The molecule has 2 rings (SSSR count). The van der Waals surface area contributed by atoms with Crippen molar-refractivity contribution in [3.63, 3.8) is 0 Å². The number of hydrogen-bond acceptors (Lipinski definition) is 5. The normalized spacial score (nSPS) is 15.2. The van der Waals surface area contributed by atoms with E-state index in [0.717, 1.165) is 31.7 Å². The van der Waals surface area contributed by atoms with Gasteiger partial charge in [0.1, 0.15) is 11.6 Å². The summed E-state index contributed by atoms with van der Waals surface area (Å²) in [5, 5.41) is 9.50. The molecule has 2 heterocycles. The van der Waals surface area contributed by atoms with Gasteiger partial charge in [0.05, 0.1) is 7.11 Å². The van der Waals surface area contributed by atoms with Crippen LogP contribution in [0, 0.1) is 0 Å². The lowest BCUT2D eigenvalue weighted by atomic mass is 10.3. The summed E-state index contributed by atoms with van der Waals surface area (Å²) in [5.41, 5.74) is -0.0214. The summed E-state index contributed by atoms with van der Waals surface area (Å²) < 4.78 is 4.55. The Morgan fingerprint density at radius 1 is 1.44 bits per heavy atom. The molecule has 1 aliphatic rings. The number of hydrogen-bond donors (Lipinski definition) is 1. The fourth-order valence-electron chi connectivity index (χ4n) is 1.81. The van der Waals surface area contributed by atoms with Crippen molar-refractivity contribution in [1.29, 1.82) is 0 Å². The van der Waals surface area contributed by atoms with Crippen LogP contribution in [-0.4, -0.2) is 36.3 Å². The van der Waals surface area contributed by atoms with Crippen molar-refractivity contribution in [3.8, 4) is 5.75 Å². The number of anilines is 1. The van der Waals surface area contributed by atoms with Crippen molar-refractivity contribution in [1.82, 2.24) is 4.98 Å². The van der Waals surface area contributed by atoms with Crippen LogP contribution in [0.3, 0.4) is 0 Å². The average Bonchev–Trinajstić information content (AvgIpc) is 2.82. The predicted molar refractivity (Wildman–Crippen MR) is 58.7 cm³/mol.